The van der Waals surface area contributed by atoms with Crippen molar-refractivity contribution in [2.75, 3.05) is 0 Å². The first-order valence-corrected chi connectivity index (χ1v) is 9.94. The smallest absolute Gasteiger partial charge is 0.143 e. The summed E-state index contributed by atoms with van der Waals surface area (Å²) in [6, 6.07) is 11.9. The molecule has 136 valence electrons. The molecule has 2 heterocycles. The molecule has 2 N–H and O–H groups in total. The Labute approximate surface area is 157 Å². The molecule has 3 aromatic rings. The molecule has 1 aromatic carbocycles. The maximum atomic E-state index is 5.88. The number of thiazole rings is 1. The molecule has 0 spiro atoms. The van der Waals surface area contributed by atoms with Gasteiger partial charge in [-0.2, -0.15) is 0 Å². The van der Waals surface area contributed by atoms with E-state index < -0.39 is 0 Å². The highest BCUT2D eigenvalue weighted by atomic mass is 32.1. The minimum Gasteiger partial charge on any atom is -0.486 e. The molecular formula is C20H23N3O2S. The summed E-state index contributed by atoms with van der Waals surface area (Å²) < 4.78 is 5.88. The number of nitrogens with zero attached hydrogens (tertiary/aromatic N) is 2. The van der Waals surface area contributed by atoms with Gasteiger partial charge in [0.15, 0.2) is 0 Å². The normalized spacial score (nSPS) is 16.7. The zero-order valence-corrected chi connectivity index (χ0v) is 15.5. The first-order chi connectivity index (χ1) is 12.8. The summed E-state index contributed by atoms with van der Waals surface area (Å²) in [5, 5.41) is 0.924. The summed E-state index contributed by atoms with van der Waals surface area (Å²) in [6.07, 6.45) is 7.98. The fourth-order valence-electron chi connectivity index (χ4n) is 3.67. The zero-order valence-electron chi connectivity index (χ0n) is 14.6. The number of pyridine rings is 1. The van der Waals surface area contributed by atoms with E-state index >= 15 is 0 Å². The molecule has 6 heteroatoms. The molecule has 1 aliphatic rings. The minimum absolute atomic E-state index is 0.0281. The van der Waals surface area contributed by atoms with Crippen molar-refractivity contribution >= 4 is 21.7 Å². The number of ether oxygens (including phenoxy) is 1. The van der Waals surface area contributed by atoms with Crippen molar-refractivity contribution in [2.24, 2.45) is 11.8 Å². The van der Waals surface area contributed by atoms with Crippen molar-refractivity contribution in [3.63, 3.8) is 0 Å². The van der Waals surface area contributed by atoms with Crippen LogP contribution in [0.5, 0.6) is 5.75 Å². The van der Waals surface area contributed by atoms with Crippen LogP contribution in [0.2, 0.25) is 0 Å². The molecule has 0 amide bonds. The van der Waals surface area contributed by atoms with Crippen molar-refractivity contribution < 1.29 is 9.57 Å². The average molecular weight is 369 g/mol. The maximum absolute atomic E-state index is 5.88. The van der Waals surface area contributed by atoms with Gasteiger partial charge in [-0.1, -0.05) is 42.7 Å². The van der Waals surface area contributed by atoms with Crippen LogP contribution < -0.4 is 10.6 Å². The number of benzene rings is 1. The first-order valence-electron chi connectivity index (χ1n) is 9.12. The van der Waals surface area contributed by atoms with Crippen LogP contribution in [0.3, 0.4) is 0 Å². The van der Waals surface area contributed by atoms with Gasteiger partial charge in [0, 0.05) is 6.20 Å². The second kappa shape index (κ2) is 8.12. The highest BCUT2D eigenvalue weighted by Crippen LogP contribution is 2.36. The molecule has 1 saturated carbocycles. The quantitative estimate of drug-likeness (QED) is 0.633. The third-order valence-corrected chi connectivity index (χ3v) is 5.96. The number of hydrogen-bond donors (Lipinski definition) is 1. The summed E-state index contributed by atoms with van der Waals surface area (Å²) in [5.74, 6) is 6.93. The maximum Gasteiger partial charge on any atom is 0.143 e. The third kappa shape index (κ3) is 3.87. The molecule has 4 rings (SSSR count). The second-order valence-corrected chi connectivity index (χ2v) is 7.81. The van der Waals surface area contributed by atoms with Gasteiger partial charge >= 0.3 is 0 Å². The van der Waals surface area contributed by atoms with E-state index in [2.05, 4.69) is 22.1 Å². The Hall–Kier alpha value is -2.02. The topological polar surface area (TPSA) is 70.3 Å². The summed E-state index contributed by atoms with van der Waals surface area (Å²) in [4.78, 5) is 15.1. The number of nitrogens with two attached hydrogens (primary N) is 1. The van der Waals surface area contributed by atoms with E-state index in [1.54, 1.807) is 17.5 Å². The van der Waals surface area contributed by atoms with Gasteiger partial charge in [-0.15, -0.1) is 0 Å². The van der Waals surface area contributed by atoms with Gasteiger partial charge in [-0.25, -0.2) is 15.9 Å². The standard InChI is InChI=1S/C20H23N3O2S/c21-25-19(14-5-2-1-3-6-14)15-8-10-16(11-9-15)24-13-18-23-17-7-4-12-22-20(17)26-18/h4,7-12,14,19H,1-3,5-6,13,21H2. The molecule has 5 nitrogen and oxygen atoms in total. The lowest BCUT2D eigenvalue weighted by Crippen LogP contribution is -2.21. The van der Waals surface area contributed by atoms with Gasteiger partial charge in [0.1, 0.15) is 33.8 Å². The van der Waals surface area contributed by atoms with Crippen molar-refractivity contribution in [3.05, 3.63) is 53.2 Å². The van der Waals surface area contributed by atoms with Crippen LogP contribution in [-0.2, 0) is 11.4 Å². The SMILES string of the molecule is NOC(c1ccc(OCc2nc3cccnc3s2)cc1)C1CCCCC1. The fraction of sp³-hybridized carbons (Fsp3) is 0.400. The van der Waals surface area contributed by atoms with Gasteiger partial charge in [0.25, 0.3) is 0 Å². The molecule has 1 fully saturated rings. The molecule has 0 saturated heterocycles. The Kier molecular flexibility index (Phi) is 5.43. The van der Waals surface area contributed by atoms with Crippen LogP contribution in [0, 0.1) is 5.92 Å². The number of aromatic nitrogens is 2. The molecule has 1 atom stereocenters. The number of hydrogen-bond acceptors (Lipinski definition) is 6. The number of fused-ring (bicyclic) bond motifs is 1. The summed E-state index contributed by atoms with van der Waals surface area (Å²) in [6.45, 7) is 0.444. The minimum atomic E-state index is -0.0281. The van der Waals surface area contributed by atoms with Crippen LogP contribution in [0.25, 0.3) is 10.3 Å². The molecular weight excluding hydrogens is 346 g/mol. The van der Waals surface area contributed by atoms with Crippen LogP contribution >= 0.6 is 11.3 Å². The molecule has 0 bridgehead atoms. The van der Waals surface area contributed by atoms with Crippen LogP contribution in [0.4, 0.5) is 0 Å². The van der Waals surface area contributed by atoms with Gasteiger partial charge in [0.05, 0.1) is 0 Å². The largest absolute Gasteiger partial charge is 0.486 e. The fourth-order valence-corrected chi connectivity index (χ4v) is 4.49. The molecule has 2 aromatic heterocycles. The van der Waals surface area contributed by atoms with Gasteiger partial charge in [0.2, 0.25) is 0 Å². The average Bonchev–Trinajstić information content (AvgIpc) is 3.12. The van der Waals surface area contributed by atoms with Crippen LogP contribution in [-0.4, -0.2) is 9.97 Å². The highest BCUT2D eigenvalue weighted by molar-refractivity contribution is 7.18. The van der Waals surface area contributed by atoms with E-state index in [1.807, 2.05) is 24.3 Å². The predicted molar refractivity (Wildman–Crippen MR) is 103 cm³/mol. The van der Waals surface area contributed by atoms with E-state index in [0.29, 0.717) is 12.5 Å². The van der Waals surface area contributed by atoms with Crippen molar-refractivity contribution in [1.29, 1.82) is 0 Å². The Bertz CT molecular complexity index is 811. The summed E-state index contributed by atoms with van der Waals surface area (Å²) in [5.41, 5.74) is 2.04. The van der Waals surface area contributed by atoms with Crippen molar-refractivity contribution in [3.8, 4) is 5.75 Å². The summed E-state index contributed by atoms with van der Waals surface area (Å²) >= 11 is 1.56. The Balaban J connectivity index is 1.40. The molecule has 0 radical (unpaired) electrons. The molecule has 1 unspecified atom stereocenters. The Morgan fingerprint density at radius 1 is 1.12 bits per heavy atom. The Morgan fingerprint density at radius 2 is 1.92 bits per heavy atom. The van der Waals surface area contributed by atoms with E-state index in [-0.39, 0.29) is 6.10 Å². The van der Waals surface area contributed by atoms with E-state index in [0.717, 1.165) is 26.7 Å². The van der Waals surface area contributed by atoms with Gasteiger partial charge in [-0.3, -0.25) is 4.84 Å². The van der Waals surface area contributed by atoms with Crippen molar-refractivity contribution in [1.82, 2.24) is 9.97 Å². The third-order valence-electron chi connectivity index (χ3n) is 5.01. The van der Waals surface area contributed by atoms with E-state index in [4.69, 9.17) is 15.5 Å². The van der Waals surface area contributed by atoms with Gasteiger partial charge < -0.3 is 4.74 Å². The van der Waals surface area contributed by atoms with E-state index in [9.17, 15) is 0 Å². The number of rotatable bonds is 6. The lowest BCUT2D eigenvalue weighted by molar-refractivity contribution is -0.00278. The molecule has 1 aliphatic carbocycles. The predicted octanol–water partition coefficient (Wildman–Crippen LogP) is 4.78. The van der Waals surface area contributed by atoms with Crippen molar-refractivity contribution in [2.45, 2.75) is 44.8 Å². The van der Waals surface area contributed by atoms with Crippen LogP contribution in [0.15, 0.2) is 42.6 Å². The molecule has 26 heavy (non-hydrogen) atoms. The highest BCUT2D eigenvalue weighted by Gasteiger charge is 2.25. The summed E-state index contributed by atoms with van der Waals surface area (Å²) in [7, 11) is 0. The molecule has 0 aliphatic heterocycles. The second-order valence-electron chi connectivity index (χ2n) is 6.75. The zero-order chi connectivity index (χ0) is 17.8. The lowest BCUT2D eigenvalue weighted by atomic mass is 9.83. The first kappa shape index (κ1) is 17.4. The van der Waals surface area contributed by atoms with E-state index in [1.165, 1.54) is 32.1 Å². The van der Waals surface area contributed by atoms with Gasteiger partial charge in [-0.05, 0) is 48.6 Å². The lowest BCUT2D eigenvalue weighted by Gasteiger charge is -2.28. The van der Waals surface area contributed by atoms with Crippen LogP contribution in [0.1, 0.15) is 48.8 Å². The Morgan fingerprint density at radius 3 is 2.65 bits per heavy atom. The monoisotopic (exact) mass is 369 g/mol.